The van der Waals surface area contributed by atoms with Gasteiger partial charge in [-0.05, 0) is 62.7 Å². The molecule has 120 valence electrons. The zero-order valence-corrected chi connectivity index (χ0v) is 14.4. The zero-order valence-electron chi connectivity index (χ0n) is 14.4. The van der Waals surface area contributed by atoms with Gasteiger partial charge in [0.2, 0.25) is 0 Å². The second-order valence-electron chi connectivity index (χ2n) is 5.61. The third kappa shape index (κ3) is 6.77. The Labute approximate surface area is 135 Å². The molecule has 0 aromatic heterocycles. The standard InChI is InChI=1S/C20H29NO/c1-6-18-10-8-11-19(16-18)17(3)12-13-20(7-2)22-15-9-14-21(4)5/h7-8,10-13,16H,3,6,9,14-15H2,1-2,4-5H3/b13-12-,20-7+. The summed E-state index contributed by atoms with van der Waals surface area (Å²) in [7, 11) is 4.15. The first-order valence-electron chi connectivity index (χ1n) is 7.97. The van der Waals surface area contributed by atoms with E-state index in [1.165, 1.54) is 11.1 Å². The van der Waals surface area contributed by atoms with Crippen LogP contribution in [0.15, 0.2) is 54.8 Å². The Morgan fingerprint density at radius 3 is 2.68 bits per heavy atom. The monoisotopic (exact) mass is 299 g/mol. The molecule has 22 heavy (non-hydrogen) atoms. The van der Waals surface area contributed by atoms with Gasteiger partial charge in [-0.25, -0.2) is 0 Å². The van der Waals surface area contributed by atoms with Crippen molar-refractivity contribution in [3.63, 3.8) is 0 Å². The summed E-state index contributed by atoms with van der Waals surface area (Å²) in [5, 5.41) is 0. The second-order valence-corrected chi connectivity index (χ2v) is 5.61. The Kier molecular flexibility index (Phi) is 8.31. The van der Waals surface area contributed by atoms with Gasteiger partial charge in [0.15, 0.2) is 0 Å². The molecular formula is C20H29NO. The molecule has 2 heteroatoms. The fourth-order valence-corrected chi connectivity index (χ4v) is 2.07. The Morgan fingerprint density at radius 1 is 1.27 bits per heavy atom. The molecular weight excluding hydrogens is 270 g/mol. The highest BCUT2D eigenvalue weighted by atomic mass is 16.5. The summed E-state index contributed by atoms with van der Waals surface area (Å²) in [6.07, 6.45) is 8.08. The maximum Gasteiger partial charge on any atom is 0.115 e. The lowest BCUT2D eigenvalue weighted by atomic mass is 10.0. The van der Waals surface area contributed by atoms with Crippen LogP contribution in [0.25, 0.3) is 5.57 Å². The SMILES string of the molecule is C=C(/C=C\C(=C/C)OCCCN(C)C)c1cccc(CC)c1. The van der Waals surface area contributed by atoms with Crippen molar-refractivity contribution in [2.45, 2.75) is 26.7 Å². The maximum absolute atomic E-state index is 5.78. The van der Waals surface area contributed by atoms with E-state index in [1.807, 2.05) is 25.2 Å². The van der Waals surface area contributed by atoms with Crippen LogP contribution in [-0.4, -0.2) is 32.1 Å². The van der Waals surface area contributed by atoms with E-state index < -0.39 is 0 Å². The van der Waals surface area contributed by atoms with Crippen molar-refractivity contribution in [2.24, 2.45) is 0 Å². The van der Waals surface area contributed by atoms with Crippen LogP contribution >= 0.6 is 0 Å². The second kappa shape index (κ2) is 10.0. The lowest BCUT2D eigenvalue weighted by Gasteiger charge is -2.11. The Morgan fingerprint density at radius 2 is 2.05 bits per heavy atom. The smallest absolute Gasteiger partial charge is 0.115 e. The van der Waals surface area contributed by atoms with Gasteiger partial charge in [0.05, 0.1) is 6.61 Å². The molecule has 0 N–H and O–H groups in total. The van der Waals surface area contributed by atoms with Crippen molar-refractivity contribution in [2.75, 3.05) is 27.2 Å². The third-order valence-electron chi connectivity index (χ3n) is 3.46. The molecule has 0 atom stereocenters. The number of ether oxygens (including phenoxy) is 1. The molecule has 1 aromatic rings. The average Bonchev–Trinajstić information content (AvgIpc) is 2.53. The molecule has 0 saturated heterocycles. The summed E-state index contributed by atoms with van der Waals surface area (Å²) in [5.41, 5.74) is 3.50. The number of allylic oxidation sites excluding steroid dienone is 4. The van der Waals surface area contributed by atoms with E-state index in [0.717, 1.165) is 37.3 Å². The normalized spacial score (nSPS) is 12.1. The first-order valence-corrected chi connectivity index (χ1v) is 7.97. The predicted molar refractivity (Wildman–Crippen MR) is 96.9 cm³/mol. The highest BCUT2D eigenvalue weighted by molar-refractivity contribution is 5.72. The van der Waals surface area contributed by atoms with Gasteiger partial charge in [-0.1, -0.05) is 43.8 Å². The topological polar surface area (TPSA) is 12.5 Å². The minimum Gasteiger partial charge on any atom is -0.494 e. The minimum atomic E-state index is 0.736. The number of hydrogen-bond donors (Lipinski definition) is 0. The number of benzene rings is 1. The molecule has 0 radical (unpaired) electrons. The molecule has 1 rings (SSSR count). The fraction of sp³-hybridized carbons (Fsp3) is 0.400. The molecule has 0 bridgehead atoms. The van der Waals surface area contributed by atoms with E-state index in [4.69, 9.17) is 4.74 Å². The summed E-state index contributed by atoms with van der Waals surface area (Å²) in [6, 6.07) is 8.52. The van der Waals surface area contributed by atoms with Crippen LogP contribution in [0, 0.1) is 0 Å². The van der Waals surface area contributed by atoms with Crippen molar-refractivity contribution in [3.05, 3.63) is 66.0 Å². The summed E-state index contributed by atoms with van der Waals surface area (Å²) in [5.74, 6) is 0.895. The van der Waals surface area contributed by atoms with Gasteiger partial charge in [-0.15, -0.1) is 0 Å². The molecule has 0 unspecified atom stereocenters. The largest absolute Gasteiger partial charge is 0.494 e. The van der Waals surface area contributed by atoms with Crippen molar-refractivity contribution in [1.29, 1.82) is 0 Å². The molecule has 0 aliphatic heterocycles. The molecule has 0 aliphatic rings. The minimum absolute atomic E-state index is 0.736. The lowest BCUT2D eigenvalue weighted by molar-refractivity contribution is 0.206. The van der Waals surface area contributed by atoms with Gasteiger partial charge in [-0.3, -0.25) is 0 Å². The molecule has 0 aliphatic carbocycles. The zero-order chi connectivity index (χ0) is 16.4. The fourth-order valence-electron chi connectivity index (χ4n) is 2.07. The van der Waals surface area contributed by atoms with E-state index in [-0.39, 0.29) is 0 Å². The van der Waals surface area contributed by atoms with Crippen LogP contribution in [-0.2, 0) is 11.2 Å². The van der Waals surface area contributed by atoms with E-state index in [2.05, 4.69) is 56.8 Å². The van der Waals surface area contributed by atoms with E-state index in [0.29, 0.717) is 0 Å². The summed E-state index contributed by atoms with van der Waals surface area (Å²) in [4.78, 5) is 2.16. The number of aryl methyl sites for hydroxylation is 1. The molecule has 0 spiro atoms. The van der Waals surface area contributed by atoms with Gasteiger partial charge in [0, 0.05) is 6.54 Å². The van der Waals surface area contributed by atoms with E-state index in [9.17, 15) is 0 Å². The van der Waals surface area contributed by atoms with Gasteiger partial charge >= 0.3 is 0 Å². The number of nitrogens with zero attached hydrogens (tertiary/aromatic N) is 1. The number of rotatable bonds is 9. The highest BCUT2D eigenvalue weighted by Gasteiger charge is 1.98. The van der Waals surface area contributed by atoms with Crippen LogP contribution < -0.4 is 0 Å². The van der Waals surface area contributed by atoms with Crippen LogP contribution in [0.3, 0.4) is 0 Å². The highest BCUT2D eigenvalue weighted by Crippen LogP contribution is 2.17. The first kappa shape index (κ1) is 18.2. The van der Waals surface area contributed by atoms with Crippen molar-refractivity contribution >= 4 is 5.57 Å². The maximum atomic E-state index is 5.78. The molecule has 1 aromatic carbocycles. The van der Waals surface area contributed by atoms with Crippen LogP contribution in [0.5, 0.6) is 0 Å². The summed E-state index contributed by atoms with van der Waals surface area (Å²) in [6.45, 7) is 10.1. The molecule has 0 amide bonds. The summed E-state index contributed by atoms with van der Waals surface area (Å²) < 4.78 is 5.78. The molecule has 2 nitrogen and oxygen atoms in total. The Balaban J connectivity index is 2.55. The molecule has 0 fully saturated rings. The van der Waals surface area contributed by atoms with Crippen LogP contribution in [0.4, 0.5) is 0 Å². The first-order chi connectivity index (χ1) is 10.6. The van der Waals surface area contributed by atoms with Gasteiger partial charge in [-0.2, -0.15) is 0 Å². The number of hydrogen-bond acceptors (Lipinski definition) is 2. The van der Waals surface area contributed by atoms with Crippen molar-refractivity contribution in [1.82, 2.24) is 4.90 Å². The quantitative estimate of drug-likeness (QED) is 0.372. The Hall–Kier alpha value is -1.80. The Bertz CT molecular complexity index is 526. The third-order valence-corrected chi connectivity index (χ3v) is 3.46. The van der Waals surface area contributed by atoms with E-state index in [1.54, 1.807) is 0 Å². The van der Waals surface area contributed by atoms with Crippen molar-refractivity contribution in [3.8, 4) is 0 Å². The predicted octanol–water partition coefficient (Wildman–Crippen LogP) is 4.69. The molecule has 0 heterocycles. The van der Waals surface area contributed by atoms with Gasteiger partial charge in [0.1, 0.15) is 5.76 Å². The van der Waals surface area contributed by atoms with E-state index >= 15 is 0 Å². The average molecular weight is 299 g/mol. The van der Waals surface area contributed by atoms with Crippen LogP contribution in [0.2, 0.25) is 0 Å². The van der Waals surface area contributed by atoms with Crippen molar-refractivity contribution < 1.29 is 4.74 Å². The van der Waals surface area contributed by atoms with Gasteiger partial charge < -0.3 is 9.64 Å². The summed E-state index contributed by atoms with van der Waals surface area (Å²) >= 11 is 0. The van der Waals surface area contributed by atoms with Gasteiger partial charge in [0.25, 0.3) is 0 Å². The van der Waals surface area contributed by atoms with Crippen LogP contribution in [0.1, 0.15) is 31.4 Å². The molecule has 0 saturated carbocycles. The lowest BCUT2D eigenvalue weighted by Crippen LogP contribution is -2.14.